The summed E-state index contributed by atoms with van der Waals surface area (Å²) in [4.78, 5) is 21.0. The highest BCUT2D eigenvalue weighted by atomic mass is 32.2. The van der Waals surface area contributed by atoms with Gasteiger partial charge in [0.2, 0.25) is 5.91 Å². The zero-order valence-electron chi connectivity index (χ0n) is 20.2. The number of alkyl halides is 3. The quantitative estimate of drug-likeness (QED) is 0.348. The molecule has 2 aromatic carbocycles. The molecule has 0 radical (unpaired) electrons. The Bertz CT molecular complexity index is 1560. The molecule has 38 heavy (non-hydrogen) atoms. The van der Waals surface area contributed by atoms with E-state index in [1.54, 1.807) is 39.2 Å². The summed E-state index contributed by atoms with van der Waals surface area (Å²) in [5, 5.41) is 2.60. The first-order valence-electron chi connectivity index (χ1n) is 11.7. The van der Waals surface area contributed by atoms with Crippen LogP contribution in [0, 0.1) is 0 Å². The number of halogens is 3. The number of amides is 1. The Kier molecular flexibility index (Phi) is 6.82. The third-order valence-electron chi connectivity index (χ3n) is 6.52. The molecule has 8 nitrogen and oxygen atoms in total. The molecule has 0 spiro atoms. The normalized spacial score (nSPS) is 16.7. The summed E-state index contributed by atoms with van der Waals surface area (Å²) >= 11 is 1.19. The Balaban J connectivity index is 0.00000220. The topological polar surface area (TPSA) is 87.5 Å². The number of nitrogens with one attached hydrogen (secondary N) is 1. The van der Waals surface area contributed by atoms with Crippen LogP contribution in [0.25, 0.3) is 10.9 Å². The maximum atomic E-state index is 13.2. The van der Waals surface area contributed by atoms with Gasteiger partial charge in [-0.15, -0.1) is 11.3 Å². The molecule has 1 amide bonds. The Labute approximate surface area is 224 Å². The molecule has 13 heteroatoms. The number of carbonyl (C=O) groups is 1. The molecular formula is C25H28F3N5O3S2. The van der Waals surface area contributed by atoms with Crippen LogP contribution in [0.5, 0.6) is 0 Å². The highest BCUT2D eigenvalue weighted by Crippen LogP contribution is 2.32. The molecule has 1 saturated heterocycles. The molecule has 1 N–H and O–H groups in total. The summed E-state index contributed by atoms with van der Waals surface area (Å²) < 4.78 is 68.6. The molecule has 0 unspecified atom stereocenters. The number of anilines is 2. The zero-order chi connectivity index (χ0) is 27.1. The summed E-state index contributed by atoms with van der Waals surface area (Å²) in [5.74, 6) is -0.179. The first-order valence-corrected chi connectivity index (χ1v) is 14.1. The zero-order valence-corrected chi connectivity index (χ0v) is 21.9. The fraction of sp³-hybridized carbons (Fsp3) is 0.280. The van der Waals surface area contributed by atoms with Gasteiger partial charge in [-0.3, -0.25) is 9.52 Å². The standard InChI is InChI=1S/C25H24F3N5O3S2.2H2/c1-17-15-31(20-4-6-21(7-5-20)38(35,36)30-24-29-9-13-37-24)11-12-33(17)23(34)16-32-10-8-18-2-3-19(14-22(18)32)25(26,27)28;;/h2-10,13-14,17H,11-12,15-16H2,1H3,(H,29,30);2*1H/t17-;;/m0../s1. The number of carbonyl (C=O) groups excluding carboxylic acids is 1. The molecule has 3 heterocycles. The summed E-state index contributed by atoms with van der Waals surface area (Å²) in [6.07, 6.45) is -1.32. The molecule has 1 aliphatic heterocycles. The number of hydrogen-bond donors (Lipinski definition) is 1. The van der Waals surface area contributed by atoms with Crippen molar-refractivity contribution >= 4 is 49.0 Å². The second-order valence-corrected chi connectivity index (χ2v) is 11.6. The lowest BCUT2D eigenvalue weighted by molar-refractivity contribution is -0.137. The largest absolute Gasteiger partial charge is 0.416 e. The smallest absolute Gasteiger partial charge is 0.368 e. The summed E-state index contributed by atoms with van der Waals surface area (Å²) in [6.45, 7) is 3.34. The fourth-order valence-corrected chi connectivity index (χ4v) is 6.37. The molecule has 4 aromatic rings. The van der Waals surface area contributed by atoms with Gasteiger partial charge in [-0.05, 0) is 54.8 Å². The molecule has 5 rings (SSSR count). The van der Waals surface area contributed by atoms with Gasteiger partial charge >= 0.3 is 6.18 Å². The van der Waals surface area contributed by atoms with Crippen LogP contribution in [-0.2, 0) is 27.5 Å². The van der Waals surface area contributed by atoms with Crippen molar-refractivity contribution < 1.29 is 29.2 Å². The molecule has 0 aliphatic carbocycles. The van der Waals surface area contributed by atoms with Crippen LogP contribution in [0.1, 0.15) is 15.3 Å². The molecular weight excluding hydrogens is 539 g/mol. The average Bonchev–Trinajstić information content (AvgIpc) is 3.53. The lowest BCUT2D eigenvalue weighted by Gasteiger charge is -2.41. The van der Waals surface area contributed by atoms with Crippen LogP contribution in [0.2, 0.25) is 0 Å². The molecule has 0 saturated carbocycles. The highest BCUT2D eigenvalue weighted by Gasteiger charge is 2.31. The van der Waals surface area contributed by atoms with Crippen molar-refractivity contribution in [3.05, 3.63) is 71.9 Å². The van der Waals surface area contributed by atoms with Crippen LogP contribution < -0.4 is 9.62 Å². The predicted octanol–water partition coefficient (Wildman–Crippen LogP) is 5.15. The van der Waals surface area contributed by atoms with Crippen molar-refractivity contribution in [3.63, 3.8) is 0 Å². The molecule has 0 bridgehead atoms. The molecule has 1 fully saturated rings. The minimum atomic E-state index is -4.46. The Morgan fingerprint density at radius 1 is 1.16 bits per heavy atom. The van der Waals surface area contributed by atoms with E-state index in [-0.39, 0.29) is 31.4 Å². The monoisotopic (exact) mass is 567 g/mol. The maximum absolute atomic E-state index is 13.2. The van der Waals surface area contributed by atoms with Gasteiger partial charge in [0.05, 0.1) is 10.5 Å². The first-order chi connectivity index (χ1) is 18.0. The van der Waals surface area contributed by atoms with Gasteiger partial charge in [-0.25, -0.2) is 13.4 Å². The second-order valence-electron chi connectivity index (χ2n) is 9.03. The van der Waals surface area contributed by atoms with Gasteiger partial charge in [-0.2, -0.15) is 13.2 Å². The molecule has 1 aliphatic rings. The highest BCUT2D eigenvalue weighted by molar-refractivity contribution is 7.93. The number of hydrogen-bond acceptors (Lipinski definition) is 6. The minimum Gasteiger partial charge on any atom is -0.368 e. The number of nitrogens with zero attached hydrogens (tertiary/aromatic N) is 4. The van der Waals surface area contributed by atoms with E-state index in [0.29, 0.717) is 30.5 Å². The average molecular weight is 568 g/mol. The third kappa shape index (κ3) is 5.34. The lowest BCUT2D eigenvalue weighted by Crippen LogP contribution is -2.54. The summed E-state index contributed by atoms with van der Waals surface area (Å²) in [5.41, 5.74) is 0.434. The van der Waals surface area contributed by atoms with Crippen LogP contribution in [-0.4, -0.2) is 54.5 Å². The minimum absolute atomic E-state index is 0. The van der Waals surface area contributed by atoms with Crippen molar-refractivity contribution in [2.45, 2.75) is 30.6 Å². The van der Waals surface area contributed by atoms with Crippen LogP contribution >= 0.6 is 11.3 Å². The van der Waals surface area contributed by atoms with Crippen molar-refractivity contribution in [1.29, 1.82) is 0 Å². The van der Waals surface area contributed by atoms with Crippen LogP contribution in [0.4, 0.5) is 24.0 Å². The van der Waals surface area contributed by atoms with Crippen molar-refractivity contribution in [1.82, 2.24) is 14.5 Å². The van der Waals surface area contributed by atoms with E-state index in [4.69, 9.17) is 0 Å². The second kappa shape index (κ2) is 9.95. The number of sulfonamides is 1. The summed E-state index contributed by atoms with van der Waals surface area (Å²) in [6, 6.07) is 11.6. The molecule has 204 valence electrons. The number of fused-ring (bicyclic) bond motifs is 1. The Morgan fingerprint density at radius 3 is 2.58 bits per heavy atom. The van der Waals surface area contributed by atoms with E-state index < -0.39 is 21.8 Å². The third-order valence-corrected chi connectivity index (χ3v) is 8.69. The van der Waals surface area contributed by atoms with E-state index in [9.17, 15) is 26.4 Å². The number of aromatic nitrogens is 2. The lowest BCUT2D eigenvalue weighted by atomic mass is 10.1. The summed E-state index contributed by atoms with van der Waals surface area (Å²) in [7, 11) is -3.75. The van der Waals surface area contributed by atoms with Gasteiger partial charge in [0, 0.05) is 57.5 Å². The maximum Gasteiger partial charge on any atom is 0.416 e. The van der Waals surface area contributed by atoms with Crippen LogP contribution in [0.15, 0.2) is 71.2 Å². The van der Waals surface area contributed by atoms with Crippen molar-refractivity contribution in [2.24, 2.45) is 0 Å². The fourth-order valence-electron chi connectivity index (χ4n) is 4.58. The predicted molar refractivity (Wildman–Crippen MR) is 144 cm³/mol. The van der Waals surface area contributed by atoms with Crippen molar-refractivity contribution in [3.8, 4) is 0 Å². The first kappa shape index (κ1) is 26.0. The number of rotatable bonds is 6. The van der Waals surface area contributed by atoms with Gasteiger partial charge in [-0.1, -0.05) is 6.07 Å². The van der Waals surface area contributed by atoms with Crippen LogP contribution in [0.3, 0.4) is 0 Å². The van der Waals surface area contributed by atoms with E-state index >= 15 is 0 Å². The van der Waals surface area contributed by atoms with Gasteiger partial charge in [0.15, 0.2) is 5.13 Å². The SMILES string of the molecule is C[C@H]1CN(c2ccc(S(=O)(=O)Nc3nccs3)cc2)CCN1C(=O)Cn1ccc2ccc(C(F)(F)F)cc21.[HH].[HH]. The van der Waals surface area contributed by atoms with Gasteiger partial charge in [0.25, 0.3) is 10.0 Å². The van der Waals surface area contributed by atoms with E-state index in [1.807, 2.05) is 6.92 Å². The Morgan fingerprint density at radius 2 is 1.92 bits per heavy atom. The molecule has 1 atom stereocenters. The Hall–Kier alpha value is -3.58. The van der Waals surface area contributed by atoms with Gasteiger partial charge in [0.1, 0.15) is 6.54 Å². The van der Waals surface area contributed by atoms with E-state index in [2.05, 4.69) is 14.6 Å². The molecule has 2 aromatic heterocycles. The van der Waals surface area contributed by atoms with Gasteiger partial charge < -0.3 is 14.4 Å². The number of benzene rings is 2. The van der Waals surface area contributed by atoms with Crippen molar-refractivity contribution in [2.75, 3.05) is 29.3 Å². The van der Waals surface area contributed by atoms with E-state index in [1.165, 1.54) is 35.7 Å². The van der Waals surface area contributed by atoms with E-state index in [0.717, 1.165) is 17.8 Å². The number of piperazine rings is 1. The number of thiazole rings is 1.